The van der Waals surface area contributed by atoms with Crippen LogP contribution in [0.2, 0.25) is 0 Å². The summed E-state index contributed by atoms with van der Waals surface area (Å²) in [6.07, 6.45) is 4.83. The highest BCUT2D eigenvalue weighted by Gasteiger charge is 2.21. The van der Waals surface area contributed by atoms with E-state index < -0.39 is 17.0 Å². The molecule has 4 aromatic rings. The van der Waals surface area contributed by atoms with Gasteiger partial charge in [0.1, 0.15) is 11.7 Å². The second-order valence-electron chi connectivity index (χ2n) is 7.54. The van der Waals surface area contributed by atoms with Crippen LogP contribution in [-0.2, 0) is 28.7 Å². The van der Waals surface area contributed by atoms with Gasteiger partial charge in [0.2, 0.25) is 5.91 Å². The highest BCUT2D eigenvalue weighted by molar-refractivity contribution is 7.83. The molecule has 0 fully saturated rings. The summed E-state index contributed by atoms with van der Waals surface area (Å²) in [4.78, 5) is 20.5. The molecule has 1 unspecified atom stereocenters. The number of carbonyl (C=O) groups excluding carboxylic acids is 1. The standard InChI is InChI=1S/C24H26N4O2S/c1-2-12-31(30)28-22(14-19-8-5-7-18-6-3-4-9-21(18)19)24(29)27-16-17-13-20-10-11-25-23(20)26-15-17/h3-11,13,15,22,28H,2,12,14,16H2,1H3,(H,25,26)(H,27,29)/t22-,31?/m0/s1. The monoisotopic (exact) mass is 434 g/mol. The van der Waals surface area contributed by atoms with E-state index in [1.165, 1.54) is 0 Å². The molecule has 2 aromatic carbocycles. The second-order valence-corrected chi connectivity index (χ2v) is 8.87. The van der Waals surface area contributed by atoms with Crippen molar-refractivity contribution in [1.82, 2.24) is 20.0 Å². The van der Waals surface area contributed by atoms with E-state index in [0.717, 1.165) is 39.4 Å². The number of aromatic nitrogens is 2. The fourth-order valence-electron chi connectivity index (χ4n) is 3.68. The predicted molar refractivity (Wildman–Crippen MR) is 126 cm³/mol. The van der Waals surface area contributed by atoms with E-state index >= 15 is 0 Å². The Bertz CT molecular complexity index is 1220. The van der Waals surface area contributed by atoms with Gasteiger partial charge < -0.3 is 10.3 Å². The zero-order chi connectivity index (χ0) is 21.6. The van der Waals surface area contributed by atoms with E-state index in [2.05, 4.69) is 38.2 Å². The number of hydrogen-bond donors (Lipinski definition) is 3. The molecule has 0 saturated heterocycles. The molecule has 0 saturated carbocycles. The Morgan fingerprint density at radius 2 is 1.97 bits per heavy atom. The van der Waals surface area contributed by atoms with E-state index in [-0.39, 0.29) is 5.91 Å². The zero-order valence-electron chi connectivity index (χ0n) is 17.4. The Morgan fingerprint density at radius 3 is 2.84 bits per heavy atom. The lowest BCUT2D eigenvalue weighted by atomic mass is 9.99. The molecule has 31 heavy (non-hydrogen) atoms. The number of fused-ring (bicyclic) bond motifs is 2. The second kappa shape index (κ2) is 9.85. The van der Waals surface area contributed by atoms with Crippen molar-refractivity contribution < 1.29 is 9.00 Å². The lowest BCUT2D eigenvalue weighted by Crippen LogP contribution is -2.46. The Morgan fingerprint density at radius 1 is 1.13 bits per heavy atom. The lowest BCUT2D eigenvalue weighted by molar-refractivity contribution is -0.122. The maximum Gasteiger partial charge on any atom is 0.238 e. The van der Waals surface area contributed by atoms with E-state index in [1.807, 2.05) is 49.5 Å². The number of hydrogen-bond acceptors (Lipinski definition) is 3. The van der Waals surface area contributed by atoms with Gasteiger partial charge in [-0.2, -0.15) is 0 Å². The van der Waals surface area contributed by atoms with Crippen LogP contribution in [0.5, 0.6) is 0 Å². The largest absolute Gasteiger partial charge is 0.351 e. The number of rotatable bonds is 9. The number of nitrogens with one attached hydrogen (secondary N) is 3. The quantitative estimate of drug-likeness (QED) is 0.376. The SMILES string of the molecule is CCCS(=O)N[C@@H](Cc1cccc2ccccc12)C(=O)NCc1cnc2[nH]ccc2c1. The van der Waals surface area contributed by atoms with Crippen molar-refractivity contribution in [2.75, 3.05) is 5.75 Å². The fraction of sp³-hybridized carbons (Fsp3) is 0.250. The summed E-state index contributed by atoms with van der Waals surface area (Å²) < 4.78 is 15.4. The summed E-state index contributed by atoms with van der Waals surface area (Å²) in [6.45, 7) is 2.34. The summed E-state index contributed by atoms with van der Waals surface area (Å²) in [5, 5.41) is 6.22. The first-order valence-corrected chi connectivity index (χ1v) is 11.8. The third-order valence-electron chi connectivity index (χ3n) is 5.21. The van der Waals surface area contributed by atoms with Crippen LogP contribution in [0, 0.1) is 0 Å². The van der Waals surface area contributed by atoms with Gasteiger partial charge in [-0.1, -0.05) is 49.4 Å². The first kappa shape index (κ1) is 21.2. The minimum Gasteiger partial charge on any atom is -0.351 e. The Labute approximate surface area is 184 Å². The molecule has 7 heteroatoms. The van der Waals surface area contributed by atoms with Crippen LogP contribution < -0.4 is 10.0 Å². The molecule has 0 aliphatic rings. The molecule has 0 radical (unpaired) electrons. The summed E-state index contributed by atoms with van der Waals surface area (Å²) >= 11 is 0. The topological polar surface area (TPSA) is 86.9 Å². The fourth-order valence-corrected chi connectivity index (χ4v) is 4.67. The number of H-pyrrole nitrogens is 1. The van der Waals surface area contributed by atoms with Crippen LogP contribution in [0.15, 0.2) is 67.0 Å². The third kappa shape index (κ3) is 5.18. The van der Waals surface area contributed by atoms with Crippen LogP contribution in [-0.4, -0.2) is 31.9 Å². The van der Waals surface area contributed by atoms with Crippen LogP contribution in [0.1, 0.15) is 24.5 Å². The van der Waals surface area contributed by atoms with Gasteiger partial charge in [0.25, 0.3) is 0 Å². The van der Waals surface area contributed by atoms with E-state index in [9.17, 15) is 9.00 Å². The van der Waals surface area contributed by atoms with Crippen LogP contribution in [0.3, 0.4) is 0 Å². The Kier molecular flexibility index (Phi) is 6.74. The number of carbonyl (C=O) groups is 1. The van der Waals surface area contributed by atoms with Gasteiger partial charge in [-0.05, 0) is 46.9 Å². The maximum atomic E-state index is 13.1. The predicted octanol–water partition coefficient (Wildman–Crippen LogP) is 3.61. The van der Waals surface area contributed by atoms with Gasteiger partial charge >= 0.3 is 0 Å². The Balaban J connectivity index is 1.51. The van der Waals surface area contributed by atoms with Crippen LogP contribution in [0.4, 0.5) is 0 Å². The molecular formula is C24H26N4O2S. The minimum atomic E-state index is -1.27. The average Bonchev–Trinajstić information content (AvgIpc) is 3.25. The molecule has 0 aliphatic heterocycles. The molecule has 2 heterocycles. The molecule has 0 aliphatic carbocycles. The minimum absolute atomic E-state index is 0.174. The summed E-state index contributed by atoms with van der Waals surface area (Å²) in [7, 11) is -1.27. The van der Waals surface area contributed by atoms with Gasteiger partial charge in [0.15, 0.2) is 0 Å². The van der Waals surface area contributed by atoms with Gasteiger partial charge in [-0.15, -0.1) is 0 Å². The van der Waals surface area contributed by atoms with Crippen molar-refractivity contribution in [2.45, 2.75) is 32.4 Å². The highest BCUT2D eigenvalue weighted by atomic mass is 32.2. The molecule has 3 N–H and O–H groups in total. The van der Waals surface area contributed by atoms with Crippen molar-refractivity contribution in [3.05, 3.63) is 78.1 Å². The smallest absolute Gasteiger partial charge is 0.238 e. The van der Waals surface area contributed by atoms with Gasteiger partial charge in [-0.3, -0.25) is 4.79 Å². The molecule has 0 bridgehead atoms. The summed E-state index contributed by atoms with van der Waals surface area (Å²) in [5.41, 5.74) is 2.79. The number of pyridine rings is 1. The van der Waals surface area contributed by atoms with Crippen molar-refractivity contribution in [2.24, 2.45) is 0 Å². The number of nitrogens with zero attached hydrogens (tertiary/aromatic N) is 1. The van der Waals surface area contributed by atoms with Gasteiger partial charge in [0, 0.05) is 30.1 Å². The van der Waals surface area contributed by atoms with Crippen molar-refractivity contribution >= 4 is 38.7 Å². The van der Waals surface area contributed by atoms with E-state index in [4.69, 9.17) is 0 Å². The van der Waals surface area contributed by atoms with E-state index in [1.54, 1.807) is 6.20 Å². The first-order chi connectivity index (χ1) is 15.1. The van der Waals surface area contributed by atoms with Crippen molar-refractivity contribution in [1.29, 1.82) is 0 Å². The van der Waals surface area contributed by atoms with Crippen LogP contribution >= 0.6 is 0 Å². The molecule has 6 nitrogen and oxygen atoms in total. The average molecular weight is 435 g/mol. The highest BCUT2D eigenvalue weighted by Crippen LogP contribution is 2.20. The molecule has 2 aromatic heterocycles. The maximum absolute atomic E-state index is 13.1. The molecule has 2 atom stereocenters. The van der Waals surface area contributed by atoms with Crippen molar-refractivity contribution in [3.8, 4) is 0 Å². The third-order valence-corrected chi connectivity index (χ3v) is 6.53. The Hall–Kier alpha value is -3.03. The summed E-state index contributed by atoms with van der Waals surface area (Å²) in [6, 6.07) is 17.5. The van der Waals surface area contributed by atoms with Crippen molar-refractivity contribution in [3.63, 3.8) is 0 Å². The first-order valence-electron chi connectivity index (χ1n) is 10.4. The number of aromatic amines is 1. The normalized spacial score (nSPS) is 13.3. The lowest BCUT2D eigenvalue weighted by Gasteiger charge is -2.19. The number of benzene rings is 2. The zero-order valence-corrected chi connectivity index (χ0v) is 18.2. The molecule has 1 amide bonds. The molecule has 160 valence electrons. The molecule has 4 rings (SSSR count). The number of amides is 1. The van der Waals surface area contributed by atoms with Gasteiger partial charge in [-0.25, -0.2) is 13.9 Å². The molecule has 0 spiro atoms. The van der Waals surface area contributed by atoms with Gasteiger partial charge in [0.05, 0.1) is 11.0 Å². The molecular weight excluding hydrogens is 408 g/mol. The summed E-state index contributed by atoms with van der Waals surface area (Å²) in [5.74, 6) is 0.333. The van der Waals surface area contributed by atoms with E-state index in [0.29, 0.717) is 18.7 Å². The van der Waals surface area contributed by atoms with Crippen LogP contribution in [0.25, 0.3) is 21.8 Å².